The summed E-state index contributed by atoms with van der Waals surface area (Å²) >= 11 is 1.89. The number of fused-ring (bicyclic) bond motifs is 10. The molecule has 0 unspecified atom stereocenters. The molecule has 0 atom stereocenters. The lowest BCUT2D eigenvalue weighted by Gasteiger charge is -2.11. The lowest BCUT2D eigenvalue weighted by Crippen LogP contribution is -1.94. The van der Waals surface area contributed by atoms with Crippen LogP contribution in [0, 0.1) is 0 Å². The molecule has 2 aromatic heterocycles. The summed E-state index contributed by atoms with van der Waals surface area (Å²) < 4.78 is 5.12. The van der Waals surface area contributed by atoms with Crippen LogP contribution in [0.5, 0.6) is 0 Å². The van der Waals surface area contributed by atoms with Crippen molar-refractivity contribution in [2.75, 3.05) is 0 Å². The van der Waals surface area contributed by atoms with Gasteiger partial charge in [0.05, 0.1) is 11.0 Å². The maximum Gasteiger partial charge on any atom is 0.0547 e. The van der Waals surface area contributed by atoms with E-state index in [2.05, 4.69) is 168 Å². The molecule has 1 nitrogen and oxygen atoms in total. The molecule has 0 aliphatic heterocycles. The van der Waals surface area contributed by atoms with Crippen LogP contribution in [0.2, 0.25) is 0 Å². The van der Waals surface area contributed by atoms with E-state index in [0.717, 1.165) is 0 Å². The van der Waals surface area contributed by atoms with E-state index < -0.39 is 0 Å². The van der Waals surface area contributed by atoms with Gasteiger partial charge in [-0.3, -0.25) is 0 Å². The first-order valence-corrected chi connectivity index (χ1v) is 16.6. The third-order valence-electron chi connectivity index (χ3n) is 9.58. The van der Waals surface area contributed by atoms with Crippen LogP contribution in [0.3, 0.4) is 0 Å². The Morgan fingerprint density at radius 2 is 0.978 bits per heavy atom. The number of aromatic nitrogens is 1. The van der Waals surface area contributed by atoms with Gasteiger partial charge in [-0.15, -0.1) is 11.3 Å². The number of thiophene rings is 1. The number of benzene rings is 8. The van der Waals surface area contributed by atoms with Gasteiger partial charge in [-0.05, 0) is 80.2 Å². The fraction of sp³-hybridized carbons (Fsp3) is 0. The van der Waals surface area contributed by atoms with E-state index in [9.17, 15) is 0 Å². The summed E-state index contributed by atoms with van der Waals surface area (Å²) in [4.78, 5) is 0. The monoisotopic (exact) mass is 601 g/mol. The molecule has 2 heteroatoms. The summed E-state index contributed by atoms with van der Waals surface area (Å²) in [5.74, 6) is 0. The van der Waals surface area contributed by atoms with Gasteiger partial charge in [0.15, 0.2) is 0 Å². The number of hydrogen-bond donors (Lipinski definition) is 0. The molecule has 2 heterocycles. The van der Waals surface area contributed by atoms with Crippen LogP contribution in [0.1, 0.15) is 0 Å². The zero-order valence-corrected chi connectivity index (χ0v) is 25.8. The van der Waals surface area contributed by atoms with Crippen molar-refractivity contribution in [3.63, 3.8) is 0 Å². The van der Waals surface area contributed by atoms with Gasteiger partial charge in [0.25, 0.3) is 0 Å². The lowest BCUT2D eigenvalue weighted by molar-refractivity contribution is 1.18. The topological polar surface area (TPSA) is 4.93 Å². The first-order valence-electron chi connectivity index (χ1n) is 15.8. The average molecular weight is 602 g/mol. The van der Waals surface area contributed by atoms with Gasteiger partial charge in [-0.2, -0.15) is 0 Å². The molecule has 0 amide bonds. The van der Waals surface area contributed by atoms with E-state index in [-0.39, 0.29) is 0 Å². The zero-order chi connectivity index (χ0) is 30.2. The average Bonchev–Trinajstić information content (AvgIpc) is 3.68. The van der Waals surface area contributed by atoms with Crippen LogP contribution in [-0.2, 0) is 0 Å². The molecular formula is C44H27NS. The van der Waals surface area contributed by atoms with Crippen LogP contribution >= 0.6 is 11.3 Å². The summed E-state index contributed by atoms with van der Waals surface area (Å²) in [7, 11) is 0. The molecule has 0 N–H and O–H groups in total. The van der Waals surface area contributed by atoms with Gasteiger partial charge in [0, 0.05) is 36.6 Å². The molecule has 0 saturated heterocycles. The van der Waals surface area contributed by atoms with Crippen molar-refractivity contribution in [2.45, 2.75) is 0 Å². The van der Waals surface area contributed by atoms with Crippen LogP contribution in [0.4, 0.5) is 0 Å². The summed E-state index contributed by atoms with van der Waals surface area (Å²) in [6, 6.07) is 60.1. The predicted molar refractivity (Wildman–Crippen MR) is 200 cm³/mol. The molecule has 46 heavy (non-hydrogen) atoms. The van der Waals surface area contributed by atoms with E-state index in [0.29, 0.717) is 0 Å². The Labute approximate surface area is 270 Å². The van der Waals surface area contributed by atoms with Gasteiger partial charge >= 0.3 is 0 Å². The lowest BCUT2D eigenvalue weighted by atomic mass is 9.98. The first-order chi connectivity index (χ1) is 22.8. The van der Waals surface area contributed by atoms with Crippen LogP contribution in [-0.4, -0.2) is 4.57 Å². The molecule has 10 rings (SSSR count). The van der Waals surface area contributed by atoms with Crippen molar-refractivity contribution in [1.82, 2.24) is 4.57 Å². The summed E-state index contributed by atoms with van der Waals surface area (Å²) in [6.07, 6.45) is 0. The summed E-state index contributed by atoms with van der Waals surface area (Å²) in [5, 5.41) is 10.4. The van der Waals surface area contributed by atoms with Crippen molar-refractivity contribution in [3.8, 4) is 27.9 Å². The van der Waals surface area contributed by atoms with E-state index in [1.807, 2.05) is 11.3 Å². The van der Waals surface area contributed by atoms with Crippen molar-refractivity contribution in [1.29, 1.82) is 0 Å². The molecule has 0 aliphatic carbocycles. The molecular weight excluding hydrogens is 575 g/mol. The maximum atomic E-state index is 2.44. The molecule has 8 aromatic carbocycles. The third kappa shape index (κ3) is 3.74. The standard InChI is InChI=1S/C44H27NS/c1-3-13-34-29(9-1)21-25-39-42(34)43-35-14-4-2-10-30(35)22-26-40(43)45(39)33-23-19-28(20-24-33)31-11-7-12-32(27-31)36-16-8-17-38-37-15-5-6-18-41(37)46-44(36)38/h1-27H. The molecule has 0 aliphatic rings. The van der Waals surface area contributed by atoms with Crippen molar-refractivity contribution < 1.29 is 0 Å². The molecule has 0 bridgehead atoms. The predicted octanol–water partition coefficient (Wildman–Crippen LogP) is 12.8. The molecule has 10 aromatic rings. The Kier molecular flexibility index (Phi) is 5.51. The molecule has 214 valence electrons. The van der Waals surface area contributed by atoms with Gasteiger partial charge in [-0.25, -0.2) is 0 Å². The van der Waals surface area contributed by atoms with Gasteiger partial charge in [0.2, 0.25) is 0 Å². The van der Waals surface area contributed by atoms with E-state index in [1.165, 1.54) is 91.5 Å². The van der Waals surface area contributed by atoms with E-state index in [1.54, 1.807) is 0 Å². The summed E-state index contributed by atoms with van der Waals surface area (Å²) in [5.41, 5.74) is 8.61. The molecule has 0 fully saturated rings. The van der Waals surface area contributed by atoms with Gasteiger partial charge < -0.3 is 4.57 Å². The van der Waals surface area contributed by atoms with Crippen molar-refractivity contribution >= 4 is 74.9 Å². The van der Waals surface area contributed by atoms with Crippen LogP contribution < -0.4 is 0 Å². The minimum absolute atomic E-state index is 1.17. The summed E-state index contributed by atoms with van der Waals surface area (Å²) in [6.45, 7) is 0. The largest absolute Gasteiger partial charge is 0.309 e. The van der Waals surface area contributed by atoms with Crippen molar-refractivity contribution in [3.05, 3.63) is 164 Å². The Bertz CT molecular complexity index is 2700. The number of rotatable bonds is 3. The fourth-order valence-corrected chi connectivity index (χ4v) is 8.71. The smallest absolute Gasteiger partial charge is 0.0547 e. The van der Waals surface area contributed by atoms with Crippen molar-refractivity contribution in [2.24, 2.45) is 0 Å². The Balaban J connectivity index is 1.13. The maximum absolute atomic E-state index is 2.44. The number of nitrogens with zero attached hydrogens (tertiary/aromatic N) is 1. The fourth-order valence-electron chi connectivity index (χ4n) is 7.47. The Hall–Kier alpha value is -5.70. The molecule has 0 spiro atoms. The zero-order valence-electron chi connectivity index (χ0n) is 24.9. The first kappa shape index (κ1) is 25.6. The second-order valence-electron chi connectivity index (χ2n) is 12.1. The highest BCUT2D eigenvalue weighted by molar-refractivity contribution is 7.26. The minimum atomic E-state index is 1.17. The van der Waals surface area contributed by atoms with Gasteiger partial charge in [-0.1, -0.05) is 127 Å². The highest BCUT2D eigenvalue weighted by Crippen LogP contribution is 2.42. The highest BCUT2D eigenvalue weighted by atomic mass is 32.1. The second kappa shape index (κ2) is 9.90. The van der Waals surface area contributed by atoms with Gasteiger partial charge in [0.1, 0.15) is 0 Å². The Morgan fingerprint density at radius 1 is 0.391 bits per heavy atom. The molecule has 0 radical (unpaired) electrons. The highest BCUT2D eigenvalue weighted by Gasteiger charge is 2.17. The SMILES string of the molecule is c1cc(-c2ccc(-n3c4ccc5ccccc5c4c4c5ccccc5ccc43)cc2)cc(-c2cccc3c2sc2ccccc23)c1. The third-order valence-corrected chi connectivity index (χ3v) is 10.8. The van der Waals surface area contributed by atoms with Crippen LogP contribution in [0.25, 0.3) is 91.5 Å². The normalized spacial score (nSPS) is 11.9. The second-order valence-corrected chi connectivity index (χ2v) is 13.2. The molecule has 0 saturated carbocycles. The minimum Gasteiger partial charge on any atom is -0.309 e. The van der Waals surface area contributed by atoms with Crippen LogP contribution in [0.15, 0.2) is 164 Å². The van der Waals surface area contributed by atoms with E-state index >= 15 is 0 Å². The Morgan fingerprint density at radius 3 is 1.70 bits per heavy atom. The quantitative estimate of drug-likeness (QED) is 0.190. The number of hydrogen-bond acceptors (Lipinski definition) is 1. The van der Waals surface area contributed by atoms with E-state index in [4.69, 9.17) is 0 Å².